The first-order chi connectivity index (χ1) is 8.12. The Kier molecular flexibility index (Phi) is 5.18. The number of hydrogen-bond donors (Lipinski definition) is 2. The molecule has 17 heavy (non-hydrogen) atoms. The molecule has 0 radical (unpaired) electrons. The van der Waals surface area contributed by atoms with Crippen molar-refractivity contribution in [1.29, 1.82) is 0 Å². The Morgan fingerprint density at radius 1 is 1.53 bits per heavy atom. The minimum absolute atomic E-state index is 0.309. The fourth-order valence-electron chi connectivity index (χ4n) is 1.81. The number of hydrogen-bond acceptors (Lipinski definition) is 4. The SMILES string of the molecule is CCCN(CC)Cc1cc(C(=O)NN)c(C)o1. The highest BCUT2D eigenvalue weighted by atomic mass is 16.3. The molecule has 0 atom stereocenters. The molecule has 1 aromatic rings. The third kappa shape index (κ3) is 3.57. The summed E-state index contributed by atoms with van der Waals surface area (Å²) in [5, 5.41) is 0. The maximum atomic E-state index is 11.4. The molecule has 0 fully saturated rings. The van der Waals surface area contributed by atoms with Crippen LogP contribution in [-0.2, 0) is 6.54 Å². The number of furan rings is 1. The van der Waals surface area contributed by atoms with Gasteiger partial charge < -0.3 is 4.42 Å². The number of rotatable bonds is 6. The van der Waals surface area contributed by atoms with Crippen molar-refractivity contribution in [2.75, 3.05) is 13.1 Å². The van der Waals surface area contributed by atoms with Gasteiger partial charge in [0.15, 0.2) is 0 Å². The second-order valence-corrected chi connectivity index (χ2v) is 4.02. The lowest BCUT2D eigenvalue weighted by atomic mass is 10.2. The van der Waals surface area contributed by atoms with Crippen molar-refractivity contribution < 1.29 is 9.21 Å². The predicted octanol–water partition coefficient (Wildman–Crippen LogP) is 1.42. The molecule has 0 unspecified atom stereocenters. The van der Waals surface area contributed by atoms with Crippen molar-refractivity contribution in [2.45, 2.75) is 33.7 Å². The van der Waals surface area contributed by atoms with E-state index in [1.165, 1.54) is 0 Å². The second-order valence-electron chi connectivity index (χ2n) is 4.02. The first kappa shape index (κ1) is 13.7. The van der Waals surface area contributed by atoms with E-state index in [4.69, 9.17) is 10.3 Å². The standard InChI is InChI=1S/C12H21N3O2/c1-4-6-15(5-2)8-10-7-11(9(3)17-10)12(16)14-13/h7H,4-6,8,13H2,1-3H3,(H,14,16). The largest absolute Gasteiger partial charge is 0.464 e. The normalized spacial score (nSPS) is 10.9. The first-order valence-electron chi connectivity index (χ1n) is 5.94. The number of nitrogens with one attached hydrogen (secondary N) is 1. The van der Waals surface area contributed by atoms with E-state index < -0.39 is 0 Å². The lowest BCUT2D eigenvalue weighted by Gasteiger charge is -2.17. The lowest BCUT2D eigenvalue weighted by Crippen LogP contribution is -2.30. The van der Waals surface area contributed by atoms with Crippen LogP contribution in [-0.4, -0.2) is 23.9 Å². The predicted molar refractivity (Wildman–Crippen MR) is 66.3 cm³/mol. The van der Waals surface area contributed by atoms with Crippen LogP contribution in [0.2, 0.25) is 0 Å². The first-order valence-corrected chi connectivity index (χ1v) is 5.94. The van der Waals surface area contributed by atoms with Crippen molar-refractivity contribution >= 4 is 5.91 Å². The van der Waals surface area contributed by atoms with Crippen LogP contribution in [0.25, 0.3) is 0 Å². The summed E-state index contributed by atoms with van der Waals surface area (Å²) in [6.45, 7) is 8.73. The minimum Gasteiger partial charge on any atom is -0.464 e. The van der Waals surface area contributed by atoms with Gasteiger partial charge in [-0.3, -0.25) is 15.1 Å². The van der Waals surface area contributed by atoms with Gasteiger partial charge in [0, 0.05) is 0 Å². The van der Waals surface area contributed by atoms with Crippen molar-refractivity contribution in [3.8, 4) is 0 Å². The van der Waals surface area contributed by atoms with Crippen LogP contribution < -0.4 is 11.3 Å². The third-order valence-corrected chi connectivity index (χ3v) is 2.71. The van der Waals surface area contributed by atoms with Crippen LogP contribution in [0.5, 0.6) is 0 Å². The van der Waals surface area contributed by atoms with Gasteiger partial charge in [-0.2, -0.15) is 0 Å². The molecule has 0 spiro atoms. The van der Waals surface area contributed by atoms with Crippen molar-refractivity contribution in [3.63, 3.8) is 0 Å². The second kappa shape index (κ2) is 6.42. The van der Waals surface area contributed by atoms with E-state index in [0.29, 0.717) is 11.3 Å². The van der Waals surface area contributed by atoms with Gasteiger partial charge in [0.05, 0.1) is 12.1 Å². The smallest absolute Gasteiger partial charge is 0.268 e. The molecule has 96 valence electrons. The van der Waals surface area contributed by atoms with E-state index in [0.717, 1.165) is 31.8 Å². The van der Waals surface area contributed by atoms with Crippen molar-refractivity contribution in [2.24, 2.45) is 5.84 Å². The Morgan fingerprint density at radius 2 is 2.24 bits per heavy atom. The number of nitrogens with zero attached hydrogens (tertiary/aromatic N) is 1. The summed E-state index contributed by atoms with van der Waals surface area (Å²) in [6.07, 6.45) is 1.10. The fraction of sp³-hybridized carbons (Fsp3) is 0.583. The Morgan fingerprint density at radius 3 is 2.76 bits per heavy atom. The highest BCUT2D eigenvalue weighted by Gasteiger charge is 2.15. The zero-order valence-corrected chi connectivity index (χ0v) is 10.7. The summed E-state index contributed by atoms with van der Waals surface area (Å²) in [4.78, 5) is 13.7. The lowest BCUT2D eigenvalue weighted by molar-refractivity contribution is 0.0952. The van der Waals surface area contributed by atoms with Gasteiger partial charge in [-0.15, -0.1) is 0 Å². The molecule has 1 aromatic heterocycles. The summed E-state index contributed by atoms with van der Waals surface area (Å²) in [7, 11) is 0. The van der Waals surface area contributed by atoms with Crippen LogP contribution in [0, 0.1) is 6.92 Å². The summed E-state index contributed by atoms with van der Waals surface area (Å²) in [5.74, 6) is 6.21. The van der Waals surface area contributed by atoms with Gasteiger partial charge in [-0.1, -0.05) is 13.8 Å². The monoisotopic (exact) mass is 239 g/mol. The van der Waals surface area contributed by atoms with Crippen LogP contribution in [0.4, 0.5) is 0 Å². The van der Waals surface area contributed by atoms with Gasteiger partial charge in [0.25, 0.3) is 5.91 Å². The van der Waals surface area contributed by atoms with E-state index in [2.05, 4.69) is 24.2 Å². The molecule has 0 aromatic carbocycles. The number of amides is 1. The summed E-state index contributed by atoms with van der Waals surface area (Å²) in [6, 6.07) is 1.76. The molecular weight excluding hydrogens is 218 g/mol. The van der Waals surface area contributed by atoms with E-state index in [1.807, 2.05) is 0 Å². The van der Waals surface area contributed by atoms with Crippen LogP contribution >= 0.6 is 0 Å². The van der Waals surface area contributed by atoms with E-state index >= 15 is 0 Å². The number of hydrazine groups is 1. The van der Waals surface area contributed by atoms with Crippen molar-refractivity contribution in [1.82, 2.24) is 10.3 Å². The Labute approximate surface area is 102 Å². The number of aryl methyl sites for hydroxylation is 1. The van der Waals surface area contributed by atoms with Crippen LogP contribution in [0.3, 0.4) is 0 Å². The highest BCUT2D eigenvalue weighted by molar-refractivity contribution is 5.94. The van der Waals surface area contributed by atoms with E-state index in [1.54, 1.807) is 13.0 Å². The van der Waals surface area contributed by atoms with Gasteiger partial charge >= 0.3 is 0 Å². The topological polar surface area (TPSA) is 71.5 Å². The molecular formula is C12H21N3O2. The number of nitrogen functional groups attached to an aromatic ring is 1. The zero-order valence-electron chi connectivity index (χ0n) is 10.7. The van der Waals surface area contributed by atoms with Crippen molar-refractivity contribution in [3.05, 3.63) is 23.2 Å². The van der Waals surface area contributed by atoms with Gasteiger partial charge in [0.1, 0.15) is 11.5 Å². The van der Waals surface area contributed by atoms with E-state index in [-0.39, 0.29) is 5.91 Å². The molecule has 5 nitrogen and oxygen atoms in total. The maximum Gasteiger partial charge on any atom is 0.268 e. The molecule has 0 saturated carbocycles. The molecule has 0 aliphatic rings. The Bertz CT molecular complexity index is 374. The average Bonchev–Trinajstić information content (AvgIpc) is 2.68. The van der Waals surface area contributed by atoms with E-state index in [9.17, 15) is 4.79 Å². The average molecular weight is 239 g/mol. The molecule has 1 rings (SSSR count). The fourth-order valence-corrected chi connectivity index (χ4v) is 1.81. The Balaban J connectivity index is 2.75. The molecule has 0 bridgehead atoms. The number of carbonyl (C=O) groups excluding carboxylic acids is 1. The molecule has 3 N–H and O–H groups in total. The summed E-state index contributed by atoms with van der Waals surface area (Å²) in [5.41, 5.74) is 2.62. The molecule has 0 aliphatic carbocycles. The molecule has 5 heteroatoms. The summed E-state index contributed by atoms with van der Waals surface area (Å²) < 4.78 is 5.56. The van der Waals surface area contributed by atoms with Gasteiger partial charge in [-0.25, -0.2) is 5.84 Å². The maximum absolute atomic E-state index is 11.4. The number of carbonyl (C=O) groups is 1. The molecule has 0 saturated heterocycles. The highest BCUT2D eigenvalue weighted by Crippen LogP contribution is 2.16. The van der Waals surface area contributed by atoms with Gasteiger partial charge in [-0.05, 0) is 32.5 Å². The Hall–Kier alpha value is -1.33. The summed E-state index contributed by atoms with van der Waals surface area (Å²) >= 11 is 0. The van der Waals surface area contributed by atoms with Crippen LogP contribution in [0.15, 0.2) is 10.5 Å². The van der Waals surface area contributed by atoms with Crippen LogP contribution in [0.1, 0.15) is 42.1 Å². The quantitative estimate of drug-likeness (QED) is 0.447. The molecule has 1 amide bonds. The van der Waals surface area contributed by atoms with Gasteiger partial charge in [0.2, 0.25) is 0 Å². The molecule has 0 aliphatic heterocycles. The third-order valence-electron chi connectivity index (χ3n) is 2.71. The number of nitrogens with two attached hydrogens (primary N) is 1. The zero-order chi connectivity index (χ0) is 12.8. The molecule has 1 heterocycles. The minimum atomic E-state index is -0.309.